The number of rotatable bonds is 0. The molecule has 0 saturated heterocycles. The molecule has 0 saturated carbocycles. The van der Waals surface area contributed by atoms with E-state index < -0.39 is 0 Å². The van der Waals surface area contributed by atoms with Gasteiger partial charge in [0.1, 0.15) is 0 Å². The van der Waals surface area contributed by atoms with Gasteiger partial charge in [-0.1, -0.05) is 12.1 Å². The summed E-state index contributed by atoms with van der Waals surface area (Å²) in [6.45, 7) is 0. The van der Waals surface area contributed by atoms with Crippen molar-refractivity contribution in [3.8, 4) is 0 Å². The third kappa shape index (κ3) is 5.85. The smallest absolute Gasteiger partial charge is 1.00 e. The first kappa shape index (κ1) is 23.6. The van der Waals surface area contributed by atoms with Crippen LogP contribution in [0, 0.1) is 0 Å². The van der Waals surface area contributed by atoms with Gasteiger partial charge in [0, 0.05) is 0 Å². The fourth-order valence-corrected chi connectivity index (χ4v) is 2.14. The molecule has 0 amide bonds. The van der Waals surface area contributed by atoms with E-state index in [0.29, 0.717) is 0 Å². The zero-order chi connectivity index (χ0) is 12.2. The minimum atomic E-state index is 0. The van der Waals surface area contributed by atoms with Crippen molar-refractivity contribution >= 4 is 32.5 Å². The summed E-state index contributed by atoms with van der Waals surface area (Å²) in [5.74, 6) is 0. The van der Waals surface area contributed by atoms with Gasteiger partial charge in [-0.15, -0.1) is 59.3 Å². The zero-order valence-electron chi connectivity index (χ0n) is 12.3. The Morgan fingerprint density at radius 2 is 0.909 bits per heavy atom. The Labute approximate surface area is 167 Å². The van der Waals surface area contributed by atoms with Crippen LogP contribution in [-0.2, 0) is 26.2 Å². The molecular weight excluding hydrogens is 406 g/mol. The molecule has 0 heterocycles. The summed E-state index contributed by atoms with van der Waals surface area (Å²) in [6, 6.07) is 29.3. The van der Waals surface area contributed by atoms with E-state index in [1.54, 1.807) is 0 Å². The Bertz CT molecular complexity index is 635. The van der Waals surface area contributed by atoms with Crippen LogP contribution in [0.4, 0.5) is 0 Å². The molecule has 0 fully saturated rings. The summed E-state index contributed by atoms with van der Waals surface area (Å²) in [6.07, 6.45) is 0. The van der Waals surface area contributed by atoms with E-state index >= 15 is 0 Å². The van der Waals surface area contributed by atoms with Crippen LogP contribution in [0.25, 0.3) is 21.5 Å². The molecule has 0 atom stereocenters. The molecule has 0 aliphatic rings. The van der Waals surface area contributed by atoms with Crippen LogP contribution >= 0.6 is 0 Å². The molecule has 4 aromatic rings. The molecule has 0 nitrogen and oxygen atoms in total. The normalized spacial score (nSPS) is 8.36. The molecule has 4 rings (SSSR count). The third-order valence-electron chi connectivity index (χ3n) is 3.10. The van der Waals surface area contributed by atoms with Gasteiger partial charge in [-0.05, 0) is 11.0 Å². The number of hydrogen-bond donors (Lipinski definition) is 0. The van der Waals surface area contributed by atoms with Gasteiger partial charge in [-0.2, -0.15) is 35.0 Å². The molecule has 0 spiro atoms. The molecule has 0 aromatic heterocycles. The maximum Gasteiger partial charge on any atom is 4.00 e. The fourth-order valence-electron chi connectivity index (χ4n) is 2.14. The van der Waals surface area contributed by atoms with E-state index in [-0.39, 0.29) is 62.0 Å². The summed E-state index contributed by atoms with van der Waals surface area (Å²) < 4.78 is 0. The summed E-state index contributed by atoms with van der Waals surface area (Å²) in [5, 5.41) is 5.32. The Kier molecular flexibility index (Phi) is 12.7. The molecule has 22 heavy (non-hydrogen) atoms. The van der Waals surface area contributed by atoms with Crippen LogP contribution in [0.1, 0.15) is 0 Å². The molecule has 0 aliphatic heterocycles. The maximum atomic E-state index is 2.12. The topological polar surface area (TPSA) is 0 Å². The molecule has 0 unspecified atom stereocenters. The monoisotopic (exact) mass is 421 g/mol. The van der Waals surface area contributed by atoms with E-state index in [1.807, 2.05) is 0 Å². The first-order chi connectivity index (χ1) is 8.93. The average molecular weight is 424 g/mol. The van der Waals surface area contributed by atoms with Crippen LogP contribution in [0.15, 0.2) is 84.9 Å². The van der Waals surface area contributed by atoms with Crippen molar-refractivity contribution in [2.45, 2.75) is 0 Å². The largest absolute Gasteiger partial charge is 4.00 e. The summed E-state index contributed by atoms with van der Waals surface area (Å²) in [7, 11) is 0. The molecule has 1 radical (unpaired) electrons. The van der Waals surface area contributed by atoms with E-state index in [1.165, 1.54) is 21.5 Å². The molecule has 111 valence electrons. The predicted octanol–water partition coefficient (Wildman–Crippen LogP) is -2.06. The van der Waals surface area contributed by atoms with Crippen LogP contribution in [0.2, 0.25) is 0 Å². The molecule has 0 bridgehead atoms. The van der Waals surface area contributed by atoms with Gasteiger partial charge in [0.2, 0.25) is 0 Å². The number of benzene rings is 2. The molecule has 4 aromatic carbocycles. The maximum absolute atomic E-state index is 2.12. The zero-order valence-corrected chi connectivity index (χ0v) is 18.3. The second-order valence-electron chi connectivity index (χ2n) is 4.31. The van der Waals surface area contributed by atoms with E-state index in [2.05, 4.69) is 84.9 Å². The minimum absolute atomic E-state index is 0. The molecule has 0 aliphatic carbocycles. The second-order valence-corrected chi connectivity index (χ2v) is 4.31. The molecular formula is C18H17Cl2SiZr. The number of fused-ring (bicyclic) bond motifs is 2. The number of hydrogen-bond acceptors (Lipinski definition) is 0. The van der Waals surface area contributed by atoms with E-state index in [9.17, 15) is 0 Å². The summed E-state index contributed by atoms with van der Waals surface area (Å²) >= 11 is 0. The van der Waals surface area contributed by atoms with Gasteiger partial charge in [0.25, 0.3) is 0 Å². The van der Waals surface area contributed by atoms with Crippen LogP contribution in [0.3, 0.4) is 0 Å². The van der Waals surface area contributed by atoms with Gasteiger partial charge in [0.05, 0.1) is 0 Å². The van der Waals surface area contributed by atoms with Crippen molar-refractivity contribution in [2.24, 2.45) is 0 Å². The summed E-state index contributed by atoms with van der Waals surface area (Å²) in [4.78, 5) is 0. The third-order valence-corrected chi connectivity index (χ3v) is 3.10. The fraction of sp³-hybridized carbons (Fsp3) is 0. The van der Waals surface area contributed by atoms with Gasteiger partial charge in [0.15, 0.2) is 0 Å². The quantitative estimate of drug-likeness (QED) is 0.225. The first-order valence-electron chi connectivity index (χ1n) is 6.14. The van der Waals surface area contributed by atoms with Crippen molar-refractivity contribution in [1.29, 1.82) is 0 Å². The van der Waals surface area contributed by atoms with Gasteiger partial charge < -0.3 is 24.8 Å². The standard InChI is InChI=1S/2C9H7.2ClH.H3Si.Zr/c2*1-2-5-9-7-3-6-8(9)4-1;;;;/h2*1-7H;2*1H;1H3;/q2*-1;;;;+4/p-2. The van der Waals surface area contributed by atoms with Crippen LogP contribution in [0.5, 0.6) is 0 Å². The van der Waals surface area contributed by atoms with Crippen molar-refractivity contribution in [2.75, 3.05) is 0 Å². The average Bonchev–Trinajstić information content (AvgIpc) is 3.08. The molecule has 0 N–H and O–H groups in total. The minimum Gasteiger partial charge on any atom is -1.00 e. The van der Waals surface area contributed by atoms with Crippen molar-refractivity contribution in [3.63, 3.8) is 0 Å². The van der Waals surface area contributed by atoms with Gasteiger partial charge >= 0.3 is 26.2 Å². The number of halogens is 2. The van der Waals surface area contributed by atoms with Crippen molar-refractivity contribution < 1.29 is 51.0 Å². The van der Waals surface area contributed by atoms with E-state index in [4.69, 9.17) is 0 Å². The van der Waals surface area contributed by atoms with E-state index in [0.717, 1.165) is 0 Å². The Morgan fingerprint density at radius 3 is 1.27 bits per heavy atom. The molecule has 4 heteroatoms. The summed E-state index contributed by atoms with van der Waals surface area (Å²) in [5.41, 5.74) is 0. The Morgan fingerprint density at radius 1 is 0.545 bits per heavy atom. The first-order valence-corrected chi connectivity index (χ1v) is 6.14. The predicted molar refractivity (Wildman–Crippen MR) is 89.0 cm³/mol. The Balaban J connectivity index is 0. The van der Waals surface area contributed by atoms with Gasteiger partial charge in [-0.3, -0.25) is 0 Å². The van der Waals surface area contributed by atoms with Gasteiger partial charge in [-0.25, -0.2) is 0 Å². The van der Waals surface area contributed by atoms with Crippen LogP contribution in [-0.4, -0.2) is 11.0 Å². The Hall–Kier alpha value is -0.660. The van der Waals surface area contributed by atoms with Crippen molar-refractivity contribution in [3.05, 3.63) is 84.9 Å². The van der Waals surface area contributed by atoms with Crippen LogP contribution < -0.4 is 24.8 Å². The van der Waals surface area contributed by atoms with Crippen molar-refractivity contribution in [1.82, 2.24) is 0 Å². The second kappa shape index (κ2) is 11.8. The SMILES string of the molecule is [Cl-].[Cl-].[SiH3].[Zr+4].c1ccc2[cH-]ccc2c1.c1ccc2[cH-]ccc2c1.